The first kappa shape index (κ1) is 14.4. The number of aryl methyl sites for hydroxylation is 1. The van der Waals surface area contributed by atoms with E-state index in [0.29, 0.717) is 5.69 Å². The van der Waals surface area contributed by atoms with Gasteiger partial charge in [-0.1, -0.05) is 29.8 Å². The molecule has 5 heteroatoms. The Morgan fingerprint density at radius 3 is 2.59 bits per heavy atom. The van der Waals surface area contributed by atoms with E-state index in [2.05, 4.69) is 9.97 Å². The third kappa shape index (κ3) is 3.04. The molecule has 1 aromatic carbocycles. The van der Waals surface area contributed by atoms with Crippen LogP contribution in [0.2, 0.25) is 0 Å². The van der Waals surface area contributed by atoms with Crippen molar-refractivity contribution in [2.45, 2.75) is 13.3 Å². The van der Waals surface area contributed by atoms with E-state index in [1.54, 1.807) is 12.4 Å². The van der Waals surface area contributed by atoms with Crippen LogP contribution in [0.15, 0.2) is 48.8 Å². The molecule has 0 spiro atoms. The molecule has 0 radical (unpaired) electrons. The monoisotopic (exact) mass is 309 g/mol. The third-order valence-corrected chi connectivity index (χ3v) is 4.43. The number of carbonyl (C=O) groups excluding carboxylic acids is 1. The van der Waals surface area contributed by atoms with Crippen LogP contribution < -0.4 is 5.11 Å². The van der Waals surface area contributed by atoms with Crippen LogP contribution >= 0.6 is 11.3 Å². The summed E-state index contributed by atoms with van der Waals surface area (Å²) in [4.78, 5) is 20.4. The molecule has 0 fully saturated rings. The smallest absolute Gasteiger partial charge is 0.125 e. The van der Waals surface area contributed by atoms with Gasteiger partial charge in [0.2, 0.25) is 0 Å². The molecule has 0 saturated heterocycles. The number of carboxylic acids is 1. The number of thiazole rings is 1. The quantitative estimate of drug-likeness (QED) is 0.742. The fraction of sp³-hybridized carbons (Fsp3) is 0.118. The van der Waals surface area contributed by atoms with Gasteiger partial charge in [0.15, 0.2) is 0 Å². The standard InChI is InChI=1S/C17H14N2O2S/c1-11-4-6-12(7-5-11)16-14(9-15(20)21)19-17(22-16)13-3-2-8-18-10-13/h2-8,10H,9H2,1H3,(H,20,21)/p-1. The summed E-state index contributed by atoms with van der Waals surface area (Å²) in [5, 5.41) is 11.8. The van der Waals surface area contributed by atoms with Gasteiger partial charge in [-0.3, -0.25) is 4.98 Å². The maximum Gasteiger partial charge on any atom is 0.125 e. The Balaban J connectivity index is 2.09. The van der Waals surface area contributed by atoms with Crippen molar-refractivity contribution in [1.29, 1.82) is 0 Å². The number of pyridine rings is 1. The fourth-order valence-corrected chi connectivity index (χ4v) is 3.23. The van der Waals surface area contributed by atoms with Gasteiger partial charge in [-0.15, -0.1) is 11.3 Å². The summed E-state index contributed by atoms with van der Waals surface area (Å²) in [5.74, 6) is -1.13. The minimum Gasteiger partial charge on any atom is -0.550 e. The number of nitrogens with zero attached hydrogens (tertiary/aromatic N) is 2. The molecule has 0 amide bonds. The number of hydrogen-bond acceptors (Lipinski definition) is 5. The van der Waals surface area contributed by atoms with Gasteiger partial charge in [-0.25, -0.2) is 4.98 Å². The lowest BCUT2D eigenvalue weighted by molar-refractivity contribution is -0.304. The molecule has 0 N–H and O–H groups in total. The predicted molar refractivity (Wildman–Crippen MR) is 84.2 cm³/mol. The molecule has 0 saturated carbocycles. The van der Waals surface area contributed by atoms with Gasteiger partial charge < -0.3 is 9.90 Å². The van der Waals surface area contributed by atoms with E-state index < -0.39 is 5.97 Å². The van der Waals surface area contributed by atoms with Crippen molar-refractivity contribution in [3.05, 3.63) is 60.0 Å². The fourth-order valence-electron chi connectivity index (χ4n) is 2.15. The second-order valence-electron chi connectivity index (χ2n) is 4.95. The van der Waals surface area contributed by atoms with Crippen molar-refractivity contribution in [2.24, 2.45) is 0 Å². The Hall–Kier alpha value is -2.53. The number of rotatable bonds is 4. The number of benzene rings is 1. The normalized spacial score (nSPS) is 10.6. The Morgan fingerprint density at radius 2 is 1.95 bits per heavy atom. The Labute approximate surface area is 132 Å². The molecule has 0 aliphatic rings. The zero-order chi connectivity index (χ0) is 15.5. The van der Waals surface area contributed by atoms with Crippen LogP contribution in [-0.2, 0) is 11.2 Å². The minimum absolute atomic E-state index is 0.194. The first-order valence-electron chi connectivity index (χ1n) is 6.80. The largest absolute Gasteiger partial charge is 0.550 e. The molecule has 0 atom stereocenters. The summed E-state index contributed by atoms with van der Waals surface area (Å²) >= 11 is 1.47. The molecule has 0 bridgehead atoms. The molecule has 22 heavy (non-hydrogen) atoms. The highest BCUT2D eigenvalue weighted by Crippen LogP contribution is 2.35. The maximum absolute atomic E-state index is 11.0. The van der Waals surface area contributed by atoms with Crippen molar-refractivity contribution in [3.8, 4) is 21.0 Å². The van der Waals surface area contributed by atoms with Crippen LogP contribution in [0.1, 0.15) is 11.3 Å². The summed E-state index contributed by atoms with van der Waals surface area (Å²) < 4.78 is 0. The molecular formula is C17H13N2O2S-. The van der Waals surface area contributed by atoms with E-state index in [1.807, 2.05) is 43.3 Å². The number of aliphatic carboxylic acids is 1. The van der Waals surface area contributed by atoms with Crippen LogP contribution in [0.5, 0.6) is 0 Å². The molecule has 4 nitrogen and oxygen atoms in total. The Bertz CT molecular complexity index is 795. The topological polar surface area (TPSA) is 65.9 Å². The molecule has 0 aliphatic heterocycles. The summed E-state index contributed by atoms with van der Waals surface area (Å²) in [6.07, 6.45) is 3.22. The molecule has 2 heterocycles. The molecule has 2 aromatic heterocycles. The van der Waals surface area contributed by atoms with Crippen molar-refractivity contribution >= 4 is 17.3 Å². The van der Waals surface area contributed by atoms with Crippen LogP contribution in [0.25, 0.3) is 21.0 Å². The van der Waals surface area contributed by atoms with Crippen LogP contribution in [0.3, 0.4) is 0 Å². The van der Waals surface area contributed by atoms with Crippen LogP contribution in [0.4, 0.5) is 0 Å². The second kappa shape index (κ2) is 6.07. The molecule has 110 valence electrons. The van der Waals surface area contributed by atoms with E-state index in [9.17, 15) is 9.90 Å². The lowest BCUT2D eigenvalue weighted by Crippen LogP contribution is -2.24. The summed E-state index contributed by atoms with van der Waals surface area (Å²) in [5.41, 5.74) is 3.54. The summed E-state index contributed by atoms with van der Waals surface area (Å²) in [6.45, 7) is 2.01. The average Bonchev–Trinajstić information content (AvgIpc) is 2.92. The summed E-state index contributed by atoms with van der Waals surface area (Å²) in [6, 6.07) is 11.7. The molecule has 0 aliphatic carbocycles. The number of aromatic nitrogens is 2. The first-order valence-corrected chi connectivity index (χ1v) is 7.62. The number of carboxylic acid groups (broad SMARTS) is 1. The van der Waals surface area contributed by atoms with Gasteiger partial charge in [-0.2, -0.15) is 0 Å². The van der Waals surface area contributed by atoms with Gasteiger partial charge in [-0.05, 0) is 24.6 Å². The van der Waals surface area contributed by atoms with Crippen molar-refractivity contribution in [2.75, 3.05) is 0 Å². The Morgan fingerprint density at radius 1 is 1.18 bits per heavy atom. The van der Waals surface area contributed by atoms with Crippen molar-refractivity contribution in [3.63, 3.8) is 0 Å². The number of carbonyl (C=O) groups is 1. The van der Waals surface area contributed by atoms with E-state index in [4.69, 9.17) is 0 Å². The highest BCUT2D eigenvalue weighted by molar-refractivity contribution is 7.18. The minimum atomic E-state index is -1.13. The molecule has 3 aromatic rings. The zero-order valence-corrected chi connectivity index (χ0v) is 12.8. The lowest BCUT2D eigenvalue weighted by Gasteiger charge is -2.03. The lowest BCUT2D eigenvalue weighted by atomic mass is 10.1. The first-order chi connectivity index (χ1) is 10.6. The maximum atomic E-state index is 11.0. The van der Waals surface area contributed by atoms with Gasteiger partial charge in [0.05, 0.1) is 10.6 Å². The predicted octanol–water partition coefficient (Wildman–Crippen LogP) is 2.47. The van der Waals surface area contributed by atoms with Gasteiger partial charge in [0.25, 0.3) is 0 Å². The Kier molecular flexibility index (Phi) is 3.98. The zero-order valence-electron chi connectivity index (χ0n) is 11.9. The van der Waals surface area contributed by atoms with E-state index in [1.165, 1.54) is 11.3 Å². The average molecular weight is 309 g/mol. The highest BCUT2D eigenvalue weighted by atomic mass is 32.1. The molecule has 3 rings (SSSR count). The van der Waals surface area contributed by atoms with E-state index in [0.717, 1.165) is 26.6 Å². The molecular weight excluding hydrogens is 296 g/mol. The van der Waals surface area contributed by atoms with Gasteiger partial charge in [0.1, 0.15) is 5.01 Å². The van der Waals surface area contributed by atoms with E-state index in [-0.39, 0.29) is 6.42 Å². The molecule has 0 unspecified atom stereocenters. The second-order valence-corrected chi connectivity index (χ2v) is 5.95. The van der Waals surface area contributed by atoms with Crippen molar-refractivity contribution < 1.29 is 9.90 Å². The van der Waals surface area contributed by atoms with E-state index >= 15 is 0 Å². The van der Waals surface area contributed by atoms with Gasteiger partial charge in [0, 0.05) is 30.3 Å². The number of hydrogen-bond donors (Lipinski definition) is 0. The summed E-state index contributed by atoms with van der Waals surface area (Å²) in [7, 11) is 0. The van der Waals surface area contributed by atoms with Crippen molar-refractivity contribution in [1.82, 2.24) is 9.97 Å². The SMILES string of the molecule is Cc1ccc(-c2sc(-c3cccnc3)nc2CC(=O)[O-])cc1. The van der Waals surface area contributed by atoms with Crippen LogP contribution in [0, 0.1) is 6.92 Å². The third-order valence-electron chi connectivity index (χ3n) is 3.23. The van der Waals surface area contributed by atoms with Gasteiger partial charge >= 0.3 is 0 Å². The van der Waals surface area contributed by atoms with Crippen LogP contribution in [-0.4, -0.2) is 15.9 Å². The highest BCUT2D eigenvalue weighted by Gasteiger charge is 2.14.